The highest BCUT2D eigenvalue weighted by molar-refractivity contribution is 5.05. The van der Waals surface area contributed by atoms with Gasteiger partial charge < -0.3 is 0 Å². The first-order valence-corrected chi connectivity index (χ1v) is 6.17. The minimum absolute atomic E-state index is 0.719. The van der Waals surface area contributed by atoms with E-state index in [0.29, 0.717) is 0 Å². The lowest BCUT2D eigenvalue weighted by molar-refractivity contribution is 0.0278. The molecule has 0 aromatic rings. The summed E-state index contributed by atoms with van der Waals surface area (Å²) in [6.07, 6.45) is 12.1. The molecule has 0 aromatic heterocycles. The van der Waals surface area contributed by atoms with Crippen molar-refractivity contribution in [1.82, 2.24) is 4.90 Å². The Morgan fingerprint density at radius 1 is 0.846 bits per heavy atom. The van der Waals surface area contributed by atoms with E-state index in [-0.39, 0.29) is 0 Å². The number of hydrogen-bond donors (Lipinski definition) is 0. The van der Waals surface area contributed by atoms with E-state index in [0.717, 1.165) is 11.5 Å². The lowest BCUT2D eigenvalue weighted by Crippen LogP contribution is -2.52. The van der Waals surface area contributed by atoms with E-state index in [9.17, 15) is 0 Å². The number of piperidine rings is 1. The average molecular weight is 179 g/mol. The maximum atomic E-state index is 2.85. The normalized spacial score (nSPS) is 45.7. The molecule has 0 N–H and O–H groups in total. The van der Waals surface area contributed by atoms with Crippen molar-refractivity contribution in [3.63, 3.8) is 0 Å². The summed E-state index contributed by atoms with van der Waals surface area (Å²) in [6.45, 7) is 2.83. The van der Waals surface area contributed by atoms with Gasteiger partial charge in [-0.2, -0.15) is 0 Å². The summed E-state index contributed by atoms with van der Waals surface area (Å²) in [5, 5.41) is 0. The van der Waals surface area contributed by atoms with Gasteiger partial charge in [0, 0.05) is 5.54 Å². The minimum atomic E-state index is 0.719. The van der Waals surface area contributed by atoms with Gasteiger partial charge in [0.1, 0.15) is 0 Å². The molecule has 1 spiro atoms. The van der Waals surface area contributed by atoms with Gasteiger partial charge in [-0.1, -0.05) is 19.3 Å². The van der Waals surface area contributed by atoms with Crippen LogP contribution in [0.15, 0.2) is 0 Å². The van der Waals surface area contributed by atoms with Crippen molar-refractivity contribution in [1.29, 1.82) is 0 Å². The van der Waals surface area contributed by atoms with Crippen LogP contribution in [0.2, 0.25) is 0 Å². The number of rotatable bonds is 0. The second kappa shape index (κ2) is 2.98. The zero-order valence-electron chi connectivity index (χ0n) is 8.60. The van der Waals surface area contributed by atoms with Crippen LogP contribution in [0.3, 0.4) is 0 Å². The molecule has 3 aliphatic rings. The third-order valence-electron chi connectivity index (χ3n) is 4.84. The molecular weight excluding hydrogens is 158 g/mol. The van der Waals surface area contributed by atoms with Gasteiger partial charge in [-0.15, -0.1) is 0 Å². The molecule has 3 rings (SSSR count). The Bertz CT molecular complexity index is 177. The highest BCUT2D eigenvalue weighted by atomic mass is 15.2. The van der Waals surface area contributed by atoms with Crippen LogP contribution in [-0.4, -0.2) is 23.5 Å². The van der Waals surface area contributed by atoms with Crippen molar-refractivity contribution < 1.29 is 0 Å². The molecule has 1 heteroatoms. The molecule has 0 radical (unpaired) electrons. The van der Waals surface area contributed by atoms with Gasteiger partial charge >= 0.3 is 0 Å². The van der Waals surface area contributed by atoms with Crippen LogP contribution >= 0.6 is 0 Å². The first kappa shape index (κ1) is 8.28. The molecule has 2 aliphatic heterocycles. The van der Waals surface area contributed by atoms with Crippen LogP contribution in [0.4, 0.5) is 0 Å². The predicted octanol–water partition coefficient (Wildman–Crippen LogP) is 2.81. The van der Waals surface area contributed by atoms with Crippen molar-refractivity contribution >= 4 is 0 Å². The summed E-state index contributed by atoms with van der Waals surface area (Å²) < 4.78 is 0. The Labute approximate surface area is 81.5 Å². The number of hydrogen-bond acceptors (Lipinski definition) is 1. The van der Waals surface area contributed by atoms with Crippen LogP contribution in [0.1, 0.15) is 51.4 Å². The second-order valence-electron chi connectivity index (χ2n) is 5.28. The first-order chi connectivity index (χ1) is 6.42. The van der Waals surface area contributed by atoms with Crippen LogP contribution in [0, 0.1) is 5.92 Å². The zero-order chi connectivity index (χ0) is 8.73. The fourth-order valence-electron chi connectivity index (χ4n) is 4.21. The van der Waals surface area contributed by atoms with Crippen LogP contribution < -0.4 is 0 Å². The molecule has 0 bridgehead atoms. The molecule has 3 fully saturated rings. The third kappa shape index (κ3) is 1.09. The quantitative estimate of drug-likeness (QED) is 0.552. The van der Waals surface area contributed by atoms with Crippen molar-refractivity contribution in [3.8, 4) is 0 Å². The van der Waals surface area contributed by atoms with E-state index >= 15 is 0 Å². The lowest BCUT2D eigenvalue weighted by atomic mass is 9.69. The van der Waals surface area contributed by atoms with Crippen molar-refractivity contribution in [3.05, 3.63) is 0 Å². The second-order valence-corrected chi connectivity index (χ2v) is 5.28. The summed E-state index contributed by atoms with van der Waals surface area (Å²) in [7, 11) is 0. The molecule has 1 aliphatic carbocycles. The van der Waals surface area contributed by atoms with Gasteiger partial charge in [0.05, 0.1) is 0 Å². The first-order valence-electron chi connectivity index (χ1n) is 6.17. The fourth-order valence-corrected chi connectivity index (χ4v) is 4.21. The molecule has 2 heterocycles. The van der Waals surface area contributed by atoms with Gasteiger partial charge in [-0.25, -0.2) is 0 Å². The van der Waals surface area contributed by atoms with E-state index in [1.807, 2.05) is 0 Å². The maximum absolute atomic E-state index is 2.85. The highest BCUT2D eigenvalue weighted by Gasteiger charge is 2.49. The summed E-state index contributed by atoms with van der Waals surface area (Å²) in [5.41, 5.74) is 0.719. The zero-order valence-corrected chi connectivity index (χ0v) is 8.60. The molecule has 0 amide bonds. The van der Waals surface area contributed by atoms with E-state index in [4.69, 9.17) is 0 Å². The molecule has 2 atom stereocenters. The highest BCUT2D eigenvalue weighted by Crippen LogP contribution is 2.49. The average Bonchev–Trinajstić information content (AvgIpc) is 2.56. The Hall–Kier alpha value is -0.0400. The smallest absolute Gasteiger partial charge is 0.0238 e. The number of nitrogens with zero attached hydrogens (tertiary/aromatic N) is 1. The molecule has 0 aromatic carbocycles. The van der Waals surface area contributed by atoms with Crippen LogP contribution in [0.5, 0.6) is 0 Å². The summed E-state index contributed by atoms with van der Waals surface area (Å²) in [6, 6.07) is 0. The molecule has 2 unspecified atom stereocenters. The van der Waals surface area contributed by atoms with Crippen molar-refractivity contribution in [2.24, 2.45) is 5.92 Å². The Morgan fingerprint density at radius 2 is 1.69 bits per heavy atom. The standard InChI is InChI=1S/C12H21N/c1-2-7-12-8-3-4-9-13(12)10-6-11(12)5-1/h11H,1-10H2. The Kier molecular flexibility index (Phi) is 1.90. The Balaban J connectivity index is 1.88. The minimum Gasteiger partial charge on any atom is -0.297 e. The summed E-state index contributed by atoms with van der Waals surface area (Å²) >= 11 is 0. The van der Waals surface area contributed by atoms with E-state index in [1.54, 1.807) is 0 Å². The van der Waals surface area contributed by atoms with Gasteiger partial charge in [0.15, 0.2) is 0 Å². The van der Waals surface area contributed by atoms with Gasteiger partial charge in [0.25, 0.3) is 0 Å². The largest absolute Gasteiger partial charge is 0.297 e. The Morgan fingerprint density at radius 3 is 2.62 bits per heavy atom. The maximum Gasteiger partial charge on any atom is 0.0238 e. The van der Waals surface area contributed by atoms with Crippen LogP contribution in [0.25, 0.3) is 0 Å². The summed E-state index contributed by atoms with van der Waals surface area (Å²) in [5.74, 6) is 1.08. The molecule has 1 nitrogen and oxygen atoms in total. The molecule has 13 heavy (non-hydrogen) atoms. The van der Waals surface area contributed by atoms with E-state index in [1.165, 1.54) is 64.5 Å². The monoisotopic (exact) mass is 179 g/mol. The SMILES string of the molecule is C1CCC23CCCCN2CCC3C1. The van der Waals surface area contributed by atoms with E-state index in [2.05, 4.69) is 4.90 Å². The topological polar surface area (TPSA) is 3.24 Å². The molecule has 2 saturated heterocycles. The molecular formula is C12H21N. The summed E-state index contributed by atoms with van der Waals surface area (Å²) in [4.78, 5) is 2.85. The van der Waals surface area contributed by atoms with Gasteiger partial charge in [0.2, 0.25) is 0 Å². The van der Waals surface area contributed by atoms with E-state index < -0.39 is 0 Å². The van der Waals surface area contributed by atoms with Gasteiger partial charge in [-0.3, -0.25) is 4.90 Å². The fraction of sp³-hybridized carbons (Fsp3) is 1.00. The predicted molar refractivity (Wildman–Crippen MR) is 54.7 cm³/mol. The van der Waals surface area contributed by atoms with Gasteiger partial charge in [-0.05, 0) is 51.1 Å². The van der Waals surface area contributed by atoms with Crippen molar-refractivity contribution in [2.45, 2.75) is 56.9 Å². The third-order valence-corrected chi connectivity index (χ3v) is 4.84. The molecule has 1 saturated carbocycles. The van der Waals surface area contributed by atoms with Crippen molar-refractivity contribution in [2.75, 3.05) is 13.1 Å². The lowest BCUT2D eigenvalue weighted by Gasteiger charge is -2.48. The molecule has 74 valence electrons. The van der Waals surface area contributed by atoms with Crippen LogP contribution in [-0.2, 0) is 0 Å².